The van der Waals surface area contributed by atoms with Gasteiger partial charge in [-0.3, -0.25) is 0 Å². The molecule has 2 nitrogen and oxygen atoms in total. The summed E-state index contributed by atoms with van der Waals surface area (Å²) in [5, 5.41) is 0. The van der Waals surface area contributed by atoms with Crippen LogP contribution in [0, 0.1) is 0 Å². The summed E-state index contributed by atoms with van der Waals surface area (Å²) in [5.74, 6) is 0. The Labute approximate surface area is 61.1 Å². The molecule has 3 heteroatoms. The van der Waals surface area contributed by atoms with Crippen molar-refractivity contribution in [1.29, 1.82) is 0 Å². The molecular formula is C6H16CrN2-2. The van der Waals surface area contributed by atoms with Crippen LogP contribution in [0.3, 0.4) is 0 Å². The molecule has 58 valence electrons. The van der Waals surface area contributed by atoms with E-state index in [-0.39, 0.29) is 12.3 Å². The second-order valence-corrected chi connectivity index (χ2v) is 4.60. The zero-order chi connectivity index (χ0) is 5.70. The van der Waals surface area contributed by atoms with E-state index in [4.69, 9.17) is 0 Å². The van der Waals surface area contributed by atoms with E-state index in [1.54, 1.807) is 0 Å². The van der Waals surface area contributed by atoms with E-state index in [1.807, 2.05) is 0 Å². The molecule has 0 atom stereocenters. The van der Waals surface area contributed by atoms with Gasteiger partial charge in [0.25, 0.3) is 0 Å². The van der Waals surface area contributed by atoms with Crippen molar-refractivity contribution < 1.29 is 12.8 Å². The van der Waals surface area contributed by atoms with Crippen LogP contribution in [0.2, 0.25) is 0 Å². The molecule has 0 aliphatic heterocycles. The van der Waals surface area contributed by atoms with Crippen LogP contribution in [0.25, 0.3) is 12.3 Å². The van der Waals surface area contributed by atoms with E-state index in [1.165, 1.54) is 0 Å². The Morgan fingerprint density at radius 2 is 1.00 bits per heavy atom. The molecule has 0 aromatic carbocycles. The predicted octanol–water partition coefficient (Wildman–Crippen LogP) is 2.51. The average molecular weight is 168 g/mol. The third kappa shape index (κ3) is 8.06. The van der Waals surface area contributed by atoms with E-state index < -0.39 is 12.8 Å². The summed E-state index contributed by atoms with van der Waals surface area (Å²) in [6, 6.07) is 0. The predicted molar refractivity (Wildman–Crippen MR) is 45.8 cm³/mol. The Bertz CT molecular complexity index is 132. The summed E-state index contributed by atoms with van der Waals surface area (Å²) in [6.45, 7) is 6.39. The molecular weight excluding hydrogens is 152 g/mol. The molecule has 0 aliphatic carbocycles. The van der Waals surface area contributed by atoms with Gasteiger partial charge in [0.05, 0.1) is 0 Å². The minimum absolute atomic E-state index is 0. The van der Waals surface area contributed by atoms with Crippen LogP contribution >= 0.6 is 0 Å². The topological polar surface area (TPSA) is 67.0 Å². The van der Waals surface area contributed by atoms with Gasteiger partial charge in [0, 0.05) is 0 Å². The van der Waals surface area contributed by atoms with Crippen molar-refractivity contribution in [3.8, 4) is 0 Å². The molecule has 0 radical (unpaired) electrons. The van der Waals surface area contributed by atoms with Crippen LogP contribution in [0.1, 0.15) is 20.8 Å². The fourth-order valence-electron chi connectivity index (χ4n) is 0.408. The van der Waals surface area contributed by atoms with Crippen LogP contribution in [-0.4, -0.2) is 14.6 Å². The molecule has 0 heterocycles. The van der Waals surface area contributed by atoms with E-state index in [9.17, 15) is 0 Å². The number of rotatable bonds is 0. The van der Waals surface area contributed by atoms with Crippen LogP contribution < -0.4 is 0 Å². The average Bonchev–Trinajstić information content (AvgIpc) is 1.72. The molecule has 9 heavy (non-hydrogen) atoms. The Balaban J connectivity index is -0.000000180. The molecule has 0 rings (SSSR count). The van der Waals surface area contributed by atoms with Gasteiger partial charge in [-0.05, 0) is 0 Å². The summed E-state index contributed by atoms with van der Waals surface area (Å²) in [6.07, 6.45) is 0. The van der Waals surface area contributed by atoms with Crippen molar-refractivity contribution in [3.63, 3.8) is 0 Å². The quantitative estimate of drug-likeness (QED) is 0.533. The summed E-state index contributed by atoms with van der Waals surface area (Å²) < 4.78 is 0. The van der Waals surface area contributed by atoms with Crippen molar-refractivity contribution in [3.05, 3.63) is 12.3 Å². The third-order valence-electron chi connectivity index (χ3n) is 0.816. The summed E-state index contributed by atoms with van der Waals surface area (Å²) in [7, 11) is 0. The van der Waals surface area contributed by atoms with Gasteiger partial charge in [-0.15, -0.1) is 0 Å². The first kappa shape index (κ1) is 16.0. The molecule has 4 N–H and O–H groups in total. The largest absolute Gasteiger partial charge is 0.693 e. The first-order chi connectivity index (χ1) is 3.35. The molecule has 0 unspecified atom stereocenters. The van der Waals surface area contributed by atoms with Gasteiger partial charge in [0.15, 0.2) is 0 Å². The minimum Gasteiger partial charge on any atom is -0.693 e. The zero-order valence-electron chi connectivity index (χ0n) is 6.29. The summed E-state index contributed by atoms with van der Waals surface area (Å²) >= 11 is -0.431. The SMILES string of the molecule is C[CH]=[Cr](=[CH]C)=[CH]C.[NH2-].[NH2-]. The maximum Gasteiger partial charge on any atom is -0.693 e. The number of hydrogen-bond acceptors (Lipinski definition) is 0. The normalized spacial score (nSPS) is 5.67. The molecule has 0 aromatic heterocycles. The fraction of sp³-hybridized carbons (Fsp3) is 0.500. The number of hydrogen-bond donors (Lipinski definition) is 0. The standard InChI is InChI=1S/3C2H4.Cr.2H2N/c3*1-2;;;/h3*1H,2H3;;2*1H2/q;;;;2*-1. The minimum atomic E-state index is -0.431. The van der Waals surface area contributed by atoms with Crippen molar-refractivity contribution in [2.24, 2.45) is 0 Å². The van der Waals surface area contributed by atoms with Crippen molar-refractivity contribution in [2.75, 3.05) is 0 Å². The number of nitrogens with two attached hydrogens (primary N) is 2. The van der Waals surface area contributed by atoms with Gasteiger partial charge in [0.2, 0.25) is 0 Å². The molecule has 0 bridgehead atoms. The van der Waals surface area contributed by atoms with E-state index in [0.29, 0.717) is 0 Å². The first-order valence-corrected chi connectivity index (χ1v) is 4.65. The fourth-order valence-corrected chi connectivity index (χ4v) is 1.68. The smallest absolute Gasteiger partial charge is 0.693 e. The maximum atomic E-state index is 2.29. The Morgan fingerprint density at radius 1 is 0.778 bits per heavy atom. The molecule has 0 saturated heterocycles. The Kier molecular flexibility index (Phi) is 19.5. The second kappa shape index (κ2) is 10.9. The molecule has 0 fully saturated rings. The molecule has 0 spiro atoms. The van der Waals surface area contributed by atoms with Crippen LogP contribution in [0.15, 0.2) is 0 Å². The molecule has 0 saturated carbocycles. The maximum absolute atomic E-state index is 2.29. The molecule has 0 aromatic rings. The Hall–Kier alpha value is 0.0625. The van der Waals surface area contributed by atoms with Crippen LogP contribution in [0.4, 0.5) is 0 Å². The summed E-state index contributed by atoms with van der Waals surface area (Å²) in [5.41, 5.74) is 0. The Morgan fingerprint density at radius 3 is 1.00 bits per heavy atom. The van der Waals surface area contributed by atoms with Gasteiger partial charge in [-0.2, -0.15) is 0 Å². The van der Waals surface area contributed by atoms with E-state index in [0.717, 1.165) is 0 Å². The monoisotopic (exact) mass is 168 g/mol. The van der Waals surface area contributed by atoms with Gasteiger partial charge in [0.1, 0.15) is 0 Å². The van der Waals surface area contributed by atoms with Crippen molar-refractivity contribution in [2.45, 2.75) is 20.8 Å². The summed E-state index contributed by atoms with van der Waals surface area (Å²) in [4.78, 5) is 6.88. The van der Waals surface area contributed by atoms with Crippen molar-refractivity contribution >= 4 is 14.6 Å². The van der Waals surface area contributed by atoms with E-state index >= 15 is 0 Å². The third-order valence-corrected chi connectivity index (χ3v) is 3.37. The van der Waals surface area contributed by atoms with Crippen LogP contribution in [0.5, 0.6) is 0 Å². The molecule has 0 aliphatic rings. The molecule has 0 amide bonds. The van der Waals surface area contributed by atoms with E-state index in [2.05, 4.69) is 35.4 Å². The van der Waals surface area contributed by atoms with Gasteiger partial charge in [-0.25, -0.2) is 0 Å². The van der Waals surface area contributed by atoms with Gasteiger partial charge >= 0.3 is 48.3 Å². The first-order valence-electron chi connectivity index (χ1n) is 2.44. The van der Waals surface area contributed by atoms with Crippen molar-refractivity contribution in [1.82, 2.24) is 0 Å². The second-order valence-electron chi connectivity index (χ2n) is 1.12. The zero-order valence-corrected chi connectivity index (χ0v) is 7.57. The van der Waals surface area contributed by atoms with Gasteiger partial charge in [-0.1, -0.05) is 0 Å². The van der Waals surface area contributed by atoms with Crippen LogP contribution in [-0.2, 0) is 12.8 Å². The van der Waals surface area contributed by atoms with Gasteiger partial charge < -0.3 is 12.3 Å².